The molecule has 2 aromatic heterocycles. The van der Waals surface area contributed by atoms with E-state index in [1.165, 1.54) is 0 Å². The zero-order valence-electron chi connectivity index (χ0n) is 9.26. The van der Waals surface area contributed by atoms with Gasteiger partial charge < -0.3 is 10.2 Å². The first kappa shape index (κ1) is 10.1. The summed E-state index contributed by atoms with van der Waals surface area (Å²) in [6.45, 7) is 0.512. The summed E-state index contributed by atoms with van der Waals surface area (Å²) in [5, 5.41) is 1.09. The van der Waals surface area contributed by atoms with Crippen LogP contribution in [0.5, 0.6) is 0 Å². The van der Waals surface area contributed by atoms with Gasteiger partial charge in [-0.3, -0.25) is 4.98 Å². The molecule has 0 saturated carbocycles. The lowest BCUT2D eigenvalue weighted by Crippen LogP contribution is -1.96. The van der Waals surface area contributed by atoms with Crippen molar-refractivity contribution in [3.8, 4) is 11.3 Å². The Morgan fingerprint density at radius 3 is 2.82 bits per heavy atom. The van der Waals surface area contributed by atoms with Gasteiger partial charge in [0.05, 0.1) is 12.0 Å². The van der Waals surface area contributed by atoms with Crippen LogP contribution in [0.25, 0.3) is 22.2 Å². The van der Waals surface area contributed by atoms with E-state index in [-0.39, 0.29) is 0 Å². The third-order valence-corrected chi connectivity index (χ3v) is 2.82. The lowest BCUT2D eigenvalue weighted by molar-refractivity contribution is 0.616. The van der Waals surface area contributed by atoms with Gasteiger partial charge >= 0.3 is 0 Å². The van der Waals surface area contributed by atoms with Gasteiger partial charge in [-0.25, -0.2) is 0 Å². The highest BCUT2D eigenvalue weighted by atomic mass is 16.3. The molecule has 0 radical (unpaired) electrons. The van der Waals surface area contributed by atoms with Crippen LogP contribution in [-0.2, 0) is 6.54 Å². The second-order valence-electron chi connectivity index (χ2n) is 3.90. The van der Waals surface area contributed by atoms with E-state index in [0.29, 0.717) is 6.54 Å². The first-order chi connectivity index (χ1) is 8.38. The van der Waals surface area contributed by atoms with Gasteiger partial charge in [-0.15, -0.1) is 0 Å². The molecule has 0 atom stereocenters. The van der Waals surface area contributed by atoms with Gasteiger partial charge in [0.25, 0.3) is 0 Å². The number of pyridine rings is 1. The van der Waals surface area contributed by atoms with Crippen LogP contribution in [0, 0.1) is 0 Å². The van der Waals surface area contributed by atoms with Crippen molar-refractivity contribution >= 4 is 11.0 Å². The topological polar surface area (TPSA) is 52.0 Å². The van der Waals surface area contributed by atoms with Crippen molar-refractivity contribution in [1.29, 1.82) is 0 Å². The summed E-state index contributed by atoms with van der Waals surface area (Å²) < 4.78 is 5.50. The molecule has 84 valence electrons. The van der Waals surface area contributed by atoms with E-state index < -0.39 is 0 Å². The standard InChI is InChI=1S/C14H12N2O/c15-8-10-4-5-13(16-9-10)12-3-1-2-11-6-7-17-14(11)12/h1-7,9H,8,15H2. The fourth-order valence-corrected chi connectivity index (χ4v) is 1.90. The minimum Gasteiger partial charge on any atom is -0.464 e. The van der Waals surface area contributed by atoms with Crippen LogP contribution >= 0.6 is 0 Å². The Hall–Kier alpha value is -2.13. The van der Waals surface area contributed by atoms with Gasteiger partial charge in [-0.1, -0.05) is 18.2 Å². The van der Waals surface area contributed by atoms with Crippen molar-refractivity contribution in [2.75, 3.05) is 0 Å². The molecule has 0 aliphatic heterocycles. The molecule has 2 N–H and O–H groups in total. The molecule has 0 amide bonds. The summed E-state index contributed by atoms with van der Waals surface area (Å²) in [5.41, 5.74) is 9.37. The predicted octanol–water partition coefficient (Wildman–Crippen LogP) is 2.95. The van der Waals surface area contributed by atoms with Gasteiger partial charge in [0.2, 0.25) is 0 Å². The molecule has 0 fully saturated rings. The number of para-hydroxylation sites is 1. The van der Waals surface area contributed by atoms with Crippen LogP contribution in [-0.4, -0.2) is 4.98 Å². The molecule has 17 heavy (non-hydrogen) atoms. The second-order valence-corrected chi connectivity index (χ2v) is 3.90. The van der Waals surface area contributed by atoms with Gasteiger partial charge in [0.1, 0.15) is 5.58 Å². The number of fused-ring (bicyclic) bond motifs is 1. The Morgan fingerprint density at radius 1 is 1.12 bits per heavy atom. The average Bonchev–Trinajstić information content (AvgIpc) is 2.87. The van der Waals surface area contributed by atoms with Gasteiger partial charge in [0.15, 0.2) is 0 Å². The van der Waals surface area contributed by atoms with Crippen molar-refractivity contribution in [3.63, 3.8) is 0 Å². The maximum Gasteiger partial charge on any atom is 0.143 e. The number of furan rings is 1. The highest BCUT2D eigenvalue weighted by Gasteiger charge is 2.07. The summed E-state index contributed by atoms with van der Waals surface area (Å²) in [4.78, 5) is 4.41. The monoisotopic (exact) mass is 224 g/mol. The SMILES string of the molecule is NCc1ccc(-c2cccc3ccoc23)nc1. The van der Waals surface area contributed by atoms with Crippen LogP contribution in [0.2, 0.25) is 0 Å². The molecular weight excluding hydrogens is 212 g/mol. The average molecular weight is 224 g/mol. The number of benzene rings is 1. The van der Waals surface area contributed by atoms with E-state index in [1.54, 1.807) is 12.5 Å². The number of hydrogen-bond acceptors (Lipinski definition) is 3. The Morgan fingerprint density at radius 2 is 2.06 bits per heavy atom. The highest BCUT2D eigenvalue weighted by Crippen LogP contribution is 2.27. The largest absolute Gasteiger partial charge is 0.464 e. The van der Waals surface area contributed by atoms with Crippen molar-refractivity contribution in [2.45, 2.75) is 6.54 Å². The highest BCUT2D eigenvalue weighted by molar-refractivity contribution is 5.91. The van der Waals surface area contributed by atoms with Gasteiger partial charge in [-0.2, -0.15) is 0 Å². The summed E-state index contributed by atoms with van der Waals surface area (Å²) in [7, 11) is 0. The van der Waals surface area contributed by atoms with E-state index in [1.807, 2.05) is 36.4 Å². The van der Waals surface area contributed by atoms with E-state index in [9.17, 15) is 0 Å². The number of nitrogens with zero attached hydrogens (tertiary/aromatic N) is 1. The molecule has 1 aromatic carbocycles. The summed E-state index contributed by atoms with van der Waals surface area (Å²) in [6.07, 6.45) is 3.50. The van der Waals surface area contributed by atoms with Crippen LogP contribution in [0.4, 0.5) is 0 Å². The Bertz CT molecular complexity index is 641. The molecule has 3 rings (SSSR count). The number of aromatic nitrogens is 1. The molecule has 3 nitrogen and oxygen atoms in total. The van der Waals surface area contributed by atoms with E-state index in [0.717, 1.165) is 27.8 Å². The molecule has 3 aromatic rings. The number of nitrogens with two attached hydrogens (primary N) is 1. The van der Waals surface area contributed by atoms with Crippen molar-refractivity contribution in [1.82, 2.24) is 4.98 Å². The first-order valence-corrected chi connectivity index (χ1v) is 5.50. The maximum atomic E-state index is 5.55. The van der Waals surface area contributed by atoms with Crippen LogP contribution < -0.4 is 5.73 Å². The number of rotatable bonds is 2. The minimum atomic E-state index is 0.512. The van der Waals surface area contributed by atoms with Crippen LogP contribution in [0.3, 0.4) is 0 Å². The zero-order valence-corrected chi connectivity index (χ0v) is 9.26. The van der Waals surface area contributed by atoms with Crippen LogP contribution in [0.15, 0.2) is 53.3 Å². The summed E-state index contributed by atoms with van der Waals surface area (Å²) in [6, 6.07) is 12.0. The van der Waals surface area contributed by atoms with Crippen molar-refractivity contribution in [2.24, 2.45) is 5.73 Å². The Balaban J connectivity index is 2.16. The molecule has 0 aliphatic rings. The quantitative estimate of drug-likeness (QED) is 0.728. The third-order valence-electron chi connectivity index (χ3n) is 2.82. The van der Waals surface area contributed by atoms with E-state index in [2.05, 4.69) is 4.98 Å². The molecule has 0 spiro atoms. The van der Waals surface area contributed by atoms with Gasteiger partial charge in [-0.05, 0) is 23.8 Å². The van der Waals surface area contributed by atoms with Crippen molar-refractivity contribution < 1.29 is 4.42 Å². The predicted molar refractivity (Wildman–Crippen MR) is 67.3 cm³/mol. The summed E-state index contributed by atoms with van der Waals surface area (Å²) in [5.74, 6) is 0. The van der Waals surface area contributed by atoms with Crippen LogP contribution in [0.1, 0.15) is 5.56 Å². The lowest BCUT2D eigenvalue weighted by atomic mass is 10.1. The lowest BCUT2D eigenvalue weighted by Gasteiger charge is -2.02. The molecule has 0 saturated heterocycles. The zero-order chi connectivity index (χ0) is 11.7. The fraction of sp³-hybridized carbons (Fsp3) is 0.0714. The Kier molecular flexibility index (Phi) is 2.38. The van der Waals surface area contributed by atoms with E-state index in [4.69, 9.17) is 10.2 Å². The third kappa shape index (κ3) is 1.70. The first-order valence-electron chi connectivity index (χ1n) is 5.50. The minimum absolute atomic E-state index is 0.512. The van der Waals surface area contributed by atoms with Crippen molar-refractivity contribution in [3.05, 3.63) is 54.4 Å². The smallest absolute Gasteiger partial charge is 0.143 e. The molecular formula is C14H12N2O. The Labute approximate surface area is 98.9 Å². The molecule has 0 unspecified atom stereocenters. The number of hydrogen-bond donors (Lipinski definition) is 1. The molecule has 2 heterocycles. The maximum absolute atomic E-state index is 5.55. The molecule has 0 aliphatic carbocycles. The van der Waals surface area contributed by atoms with E-state index >= 15 is 0 Å². The molecule has 0 bridgehead atoms. The molecule has 3 heteroatoms. The normalized spacial score (nSPS) is 10.9. The fourth-order valence-electron chi connectivity index (χ4n) is 1.90. The second kappa shape index (κ2) is 4.03. The van der Waals surface area contributed by atoms with Gasteiger partial charge in [0, 0.05) is 23.7 Å². The summed E-state index contributed by atoms with van der Waals surface area (Å²) >= 11 is 0.